The van der Waals surface area contributed by atoms with Crippen LogP contribution in [0.1, 0.15) is 31.6 Å². The summed E-state index contributed by atoms with van der Waals surface area (Å²) in [5, 5.41) is 20.4. The van der Waals surface area contributed by atoms with Crippen LogP contribution in [0, 0.1) is 20.2 Å². The van der Waals surface area contributed by atoms with E-state index in [2.05, 4.69) is 4.98 Å². The molecule has 1 aromatic heterocycles. The molecule has 0 spiro atoms. The molecule has 2 rings (SSSR count). The van der Waals surface area contributed by atoms with E-state index in [1.165, 1.54) is 36.9 Å². The Kier molecular flexibility index (Phi) is 7.38. The average molecular weight is 435 g/mol. The van der Waals surface area contributed by atoms with Crippen molar-refractivity contribution in [3.8, 4) is 0 Å². The first-order valence-electron chi connectivity index (χ1n) is 8.01. The topological polar surface area (TPSA) is 132 Å². The first-order chi connectivity index (χ1) is 13.3. The lowest BCUT2D eigenvalue weighted by atomic mass is 10.0. The van der Waals surface area contributed by atoms with Crippen molar-refractivity contribution in [1.29, 1.82) is 0 Å². The third kappa shape index (κ3) is 5.00. The molecule has 152 valence electrons. The van der Waals surface area contributed by atoms with Gasteiger partial charge in [-0.3, -0.25) is 9.68 Å². The van der Waals surface area contributed by atoms with Crippen molar-refractivity contribution in [2.45, 2.75) is 31.8 Å². The van der Waals surface area contributed by atoms with Crippen molar-refractivity contribution in [1.82, 2.24) is 9.55 Å². The molecule has 0 amide bonds. The van der Waals surface area contributed by atoms with E-state index < -0.39 is 22.2 Å². The molecule has 0 aliphatic rings. The molecule has 2 unspecified atom stereocenters. The number of rotatable bonds is 11. The predicted octanol–water partition coefficient (Wildman–Crippen LogP) is 3.77. The molecule has 0 bridgehead atoms. The van der Waals surface area contributed by atoms with E-state index in [1.807, 2.05) is 6.92 Å². The molecular formula is C15H16Cl2N4O7. The van der Waals surface area contributed by atoms with Crippen LogP contribution in [-0.4, -0.2) is 26.3 Å². The van der Waals surface area contributed by atoms with E-state index in [9.17, 15) is 20.2 Å². The summed E-state index contributed by atoms with van der Waals surface area (Å²) in [6, 6.07) is 4.01. The van der Waals surface area contributed by atoms with E-state index in [0.29, 0.717) is 12.8 Å². The normalized spacial score (nSPS) is 14.1. The zero-order valence-corrected chi connectivity index (χ0v) is 16.1. The Balaban J connectivity index is 2.71. The van der Waals surface area contributed by atoms with Crippen LogP contribution in [0.5, 0.6) is 0 Å². The van der Waals surface area contributed by atoms with Gasteiger partial charge in [-0.25, -0.2) is 4.98 Å². The van der Waals surface area contributed by atoms with Gasteiger partial charge in [-0.2, -0.15) is 0 Å². The van der Waals surface area contributed by atoms with Gasteiger partial charge in [0.2, 0.25) is 6.23 Å². The number of hydrogen-bond acceptors (Lipinski definition) is 8. The van der Waals surface area contributed by atoms with Crippen molar-refractivity contribution in [3.63, 3.8) is 0 Å². The highest BCUT2D eigenvalue weighted by Gasteiger charge is 2.51. The number of hydrogen-bond donors (Lipinski definition) is 0. The van der Waals surface area contributed by atoms with Crippen molar-refractivity contribution in [2.24, 2.45) is 0 Å². The summed E-state index contributed by atoms with van der Waals surface area (Å²) >= 11 is 12.1. The van der Waals surface area contributed by atoms with Gasteiger partial charge < -0.3 is 9.30 Å². The van der Waals surface area contributed by atoms with Crippen molar-refractivity contribution in [3.05, 3.63) is 72.8 Å². The minimum absolute atomic E-state index is 0.0322. The zero-order valence-electron chi connectivity index (χ0n) is 14.6. The van der Waals surface area contributed by atoms with Crippen LogP contribution in [0.3, 0.4) is 0 Å². The molecule has 0 saturated heterocycles. The molecule has 1 heterocycles. The number of imidazole rings is 1. The largest absolute Gasteiger partial charge is 0.343 e. The van der Waals surface area contributed by atoms with Gasteiger partial charge in [0.05, 0.1) is 18.0 Å². The van der Waals surface area contributed by atoms with E-state index >= 15 is 0 Å². The van der Waals surface area contributed by atoms with Gasteiger partial charge in [0.25, 0.3) is 16.0 Å². The minimum atomic E-state index is -2.41. The third-order valence-electron chi connectivity index (χ3n) is 3.64. The molecule has 11 nitrogen and oxygen atoms in total. The molecule has 0 radical (unpaired) electrons. The van der Waals surface area contributed by atoms with E-state index in [-0.39, 0.29) is 22.2 Å². The van der Waals surface area contributed by atoms with Gasteiger partial charge in [0, 0.05) is 23.0 Å². The Hall–Kier alpha value is -2.63. The summed E-state index contributed by atoms with van der Waals surface area (Å²) in [6.45, 7) is 1.84. The first-order valence-corrected chi connectivity index (χ1v) is 8.77. The average Bonchev–Trinajstić information content (AvgIpc) is 3.12. The number of ether oxygens (including phenoxy) is 1. The fraction of sp³-hybridized carbons (Fsp3) is 0.400. The summed E-state index contributed by atoms with van der Waals surface area (Å²) < 4.78 is 6.81. The summed E-state index contributed by atoms with van der Waals surface area (Å²) in [6.07, 6.45) is 3.19. The molecule has 13 heteroatoms. The van der Waals surface area contributed by atoms with E-state index in [4.69, 9.17) is 37.6 Å². The molecule has 0 fully saturated rings. The molecule has 28 heavy (non-hydrogen) atoms. The monoisotopic (exact) mass is 434 g/mol. The fourth-order valence-corrected chi connectivity index (χ4v) is 3.00. The second-order valence-corrected chi connectivity index (χ2v) is 6.34. The number of benzene rings is 1. The summed E-state index contributed by atoms with van der Waals surface area (Å²) in [5.74, 6) is -2.41. The standard InChI is InChI=1S/C15H16Cl2N4O7/c1-2-3-8-26-15(28-21(24)25,12-5-4-11(16)9-13(12)17)14(27-20(22)23)19-7-6-18-10-19/h4-7,9-10,14H,2-3,8H2,1H3. The molecule has 1 aromatic carbocycles. The van der Waals surface area contributed by atoms with Gasteiger partial charge in [-0.05, 0) is 18.6 Å². The summed E-state index contributed by atoms with van der Waals surface area (Å²) in [7, 11) is 0. The molecule has 0 aliphatic carbocycles. The van der Waals surface area contributed by atoms with Crippen LogP contribution >= 0.6 is 23.2 Å². The van der Waals surface area contributed by atoms with Gasteiger partial charge >= 0.3 is 0 Å². The van der Waals surface area contributed by atoms with Crippen LogP contribution in [0.25, 0.3) is 0 Å². The van der Waals surface area contributed by atoms with Gasteiger partial charge in [-0.1, -0.05) is 42.6 Å². The summed E-state index contributed by atoms with van der Waals surface area (Å²) in [4.78, 5) is 35.9. The molecular weight excluding hydrogens is 419 g/mol. The Morgan fingerprint density at radius 3 is 2.57 bits per heavy atom. The van der Waals surface area contributed by atoms with Crippen LogP contribution in [0.4, 0.5) is 0 Å². The maximum absolute atomic E-state index is 11.3. The van der Waals surface area contributed by atoms with Crippen molar-refractivity contribution >= 4 is 23.2 Å². The third-order valence-corrected chi connectivity index (χ3v) is 4.19. The Morgan fingerprint density at radius 2 is 2.04 bits per heavy atom. The number of aromatic nitrogens is 2. The van der Waals surface area contributed by atoms with Gasteiger partial charge in [0.15, 0.2) is 0 Å². The minimum Gasteiger partial charge on any atom is -0.343 e. The Bertz CT molecular complexity index is 821. The Morgan fingerprint density at radius 1 is 1.29 bits per heavy atom. The lowest BCUT2D eigenvalue weighted by Gasteiger charge is -2.37. The molecule has 2 atom stereocenters. The van der Waals surface area contributed by atoms with Crippen LogP contribution in [0.2, 0.25) is 10.0 Å². The quantitative estimate of drug-likeness (QED) is 0.226. The first kappa shape index (κ1) is 21.7. The lowest BCUT2D eigenvalue weighted by molar-refractivity contribution is -0.835. The predicted molar refractivity (Wildman–Crippen MR) is 96.4 cm³/mol. The van der Waals surface area contributed by atoms with Crippen molar-refractivity contribution in [2.75, 3.05) is 6.61 Å². The molecule has 2 aromatic rings. The number of nitrogens with zero attached hydrogens (tertiary/aromatic N) is 4. The smallest absolute Gasteiger partial charge is 0.297 e. The molecule has 0 saturated carbocycles. The molecule has 0 N–H and O–H groups in total. The summed E-state index contributed by atoms with van der Waals surface area (Å²) in [5.41, 5.74) is -0.0769. The fourth-order valence-electron chi connectivity index (χ4n) is 2.46. The highest BCUT2D eigenvalue weighted by molar-refractivity contribution is 6.35. The van der Waals surface area contributed by atoms with E-state index in [0.717, 1.165) is 4.57 Å². The van der Waals surface area contributed by atoms with Crippen LogP contribution in [-0.2, 0) is 20.2 Å². The Labute approximate surface area is 168 Å². The second kappa shape index (κ2) is 9.53. The highest BCUT2D eigenvalue weighted by atomic mass is 35.5. The maximum atomic E-state index is 11.3. The van der Waals surface area contributed by atoms with E-state index in [1.54, 1.807) is 0 Å². The number of halogens is 2. The number of unbranched alkanes of at least 4 members (excludes halogenated alkanes) is 1. The van der Waals surface area contributed by atoms with Gasteiger partial charge in [-0.15, -0.1) is 20.2 Å². The molecule has 0 aliphatic heterocycles. The van der Waals surface area contributed by atoms with Gasteiger partial charge in [0.1, 0.15) is 0 Å². The van der Waals surface area contributed by atoms with Crippen LogP contribution < -0.4 is 0 Å². The lowest BCUT2D eigenvalue weighted by Crippen LogP contribution is -2.46. The van der Waals surface area contributed by atoms with Crippen LogP contribution in [0.15, 0.2) is 36.9 Å². The zero-order chi connectivity index (χ0) is 20.7. The highest BCUT2D eigenvalue weighted by Crippen LogP contribution is 2.43. The van der Waals surface area contributed by atoms with Crippen molar-refractivity contribution < 1.29 is 24.6 Å². The SMILES string of the molecule is CCCCOC(O[N+](=O)[O-])(c1ccc(Cl)cc1Cl)C(O[N+](=O)[O-])n1ccnc1. The maximum Gasteiger partial charge on any atom is 0.297 e. The second-order valence-electron chi connectivity index (χ2n) is 5.50.